The molecule has 0 fully saturated rings. The summed E-state index contributed by atoms with van der Waals surface area (Å²) in [7, 11) is 0. The second kappa shape index (κ2) is 6.47. The summed E-state index contributed by atoms with van der Waals surface area (Å²) in [5.74, 6) is -0.468. The van der Waals surface area contributed by atoms with Crippen LogP contribution in [-0.4, -0.2) is 30.1 Å². The third kappa shape index (κ3) is 4.96. The zero-order valence-corrected chi connectivity index (χ0v) is 9.82. The minimum Gasteiger partial charge on any atom is -0.465 e. The molecular weight excluding hydrogens is 222 g/mol. The van der Waals surface area contributed by atoms with Gasteiger partial charge in [0.15, 0.2) is 0 Å². The van der Waals surface area contributed by atoms with Gasteiger partial charge < -0.3 is 15.4 Å². The Balaban J connectivity index is 2.34. The van der Waals surface area contributed by atoms with Gasteiger partial charge in [-0.15, -0.1) is 0 Å². The molecule has 0 aromatic carbocycles. The fourth-order valence-electron chi connectivity index (χ4n) is 1.08. The van der Waals surface area contributed by atoms with Crippen molar-refractivity contribution >= 4 is 17.7 Å². The third-order valence-electron chi connectivity index (χ3n) is 1.87. The van der Waals surface area contributed by atoms with Crippen LogP contribution in [0.2, 0.25) is 0 Å². The molecule has 0 bridgehead atoms. The molecule has 17 heavy (non-hydrogen) atoms. The van der Waals surface area contributed by atoms with Gasteiger partial charge in [0.05, 0.1) is 18.5 Å². The maximum Gasteiger partial charge on any atom is 0.325 e. The summed E-state index contributed by atoms with van der Waals surface area (Å²) < 4.78 is 4.66. The molecule has 1 rings (SSSR count). The highest BCUT2D eigenvalue weighted by Gasteiger charge is 2.05. The van der Waals surface area contributed by atoms with Crippen molar-refractivity contribution in [1.29, 1.82) is 0 Å². The Labute approximate surface area is 99.4 Å². The van der Waals surface area contributed by atoms with Gasteiger partial charge in [0.25, 0.3) is 0 Å². The van der Waals surface area contributed by atoms with Gasteiger partial charge in [-0.3, -0.25) is 9.78 Å². The predicted molar refractivity (Wildman–Crippen MR) is 62.6 cm³/mol. The second-order valence-corrected chi connectivity index (χ2v) is 3.30. The number of rotatable bonds is 4. The number of ether oxygens (including phenoxy) is 1. The van der Waals surface area contributed by atoms with Crippen molar-refractivity contribution < 1.29 is 14.3 Å². The molecule has 1 heterocycles. The second-order valence-electron chi connectivity index (χ2n) is 3.30. The zero-order chi connectivity index (χ0) is 12.7. The first-order valence-electron chi connectivity index (χ1n) is 5.25. The van der Waals surface area contributed by atoms with Crippen LogP contribution < -0.4 is 10.6 Å². The highest BCUT2D eigenvalue weighted by atomic mass is 16.5. The number of aromatic nitrogens is 1. The van der Waals surface area contributed by atoms with Crippen LogP contribution in [0, 0.1) is 6.92 Å². The van der Waals surface area contributed by atoms with E-state index in [-0.39, 0.29) is 6.54 Å². The van der Waals surface area contributed by atoms with E-state index < -0.39 is 12.0 Å². The van der Waals surface area contributed by atoms with Gasteiger partial charge in [0.2, 0.25) is 0 Å². The Bertz CT molecular complexity index is 389. The van der Waals surface area contributed by atoms with E-state index in [0.29, 0.717) is 12.3 Å². The minimum atomic E-state index is -0.469. The van der Waals surface area contributed by atoms with Gasteiger partial charge >= 0.3 is 12.0 Å². The van der Waals surface area contributed by atoms with Crippen molar-refractivity contribution in [3.05, 3.63) is 24.0 Å². The van der Waals surface area contributed by atoms with E-state index in [0.717, 1.165) is 5.69 Å². The summed E-state index contributed by atoms with van der Waals surface area (Å²) in [5, 5.41) is 4.92. The Morgan fingerprint density at radius 1 is 1.41 bits per heavy atom. The van der Waals surface area contributed by atoms with E-state index >= 15 is 0 Å². The summed E-state index contributed by atoms with van der Waals surface area (Å²) >= 11 is 0. The molecule has 0 saturated carbocycles. The molecule has 0 unspecified atom stereocenters. The minimum absolute atomic E-state index is 0.154. The summed E-state index contributed by atoms with van der Waals surface area (Å²) in [6.45, 7) is 3.70. The van der Waals surface area contributed by atoms with E-state index in [2.05, 4.69) is 20.4 Å². The number of carbonyl (C=O) groups is 2. The number of pyridine rings is 1. The van der Waals surface area contributed by atoms with Gasteiger partial charge in [0, 0.05) is 5.69 Å². The topological polar surface area (TPSA) is 80.3 Å². The summed E-state index contributed by atoms with van der Waals surface area (Å²) in [6.07, 6.45) is 1.54. The van der Waals surface area contributed by atoms with Crippen molar-refractivity contribution in [3.8, 4) is 0 Å². The molecule has 92 valence electrons. The maximum absolute atomic E-state index is 11.3. The smallest absolute Gasteiger partial charge is 0.325 e. The lowest BCUT2D eigenvalue weighted by molar-refractivity contribution is -0.141. The van der Waals surface area contributed by atoms with Crippen LogP contribution >= 0.6 is 0 Å². The predicted octanol–water partition coefficient (Wildman–Crippen LogP) is 1.07. The zero-order valence-electron chi connectivity index (χ0n) is 9.82. The van der Waals surface area contributed by atoms with Crippen LogP contribution in [0.4, 0.5) is 10.5 Å². The summed E-state index contributed by atoms with van der Waals surface area (Å²) in [4.78, 5) is 26.3. The number of urea groups is 1. The van der Waals surface area contributed by atoms with Gasteiger partial charge in [0.1, 0.15) is 6.54 Å². The first-order chi connectivity index (χ1) is 8.11. The molecule has 0 spiro atoms. The molecule has 6 heteroatoms. The van der Waals surface area contributed by atoms with E-state index in [1.807, 2.05) is 6.92 Å². The molecule has 0 saturated heterocycles. The summed E-state index contributed by atoms with van der Waals surface area (Å²) in [5.41, 5.74) is 1.43. The van der Waals surface area contributed by atoms with Gasteiger partial charge in [-0.2, -0.15) is 0 Å². The largest absolute Gasteiger partial charge is 0.465 e. The molecule has 0 atom stereocenters. The SMILES string of the molecule is CCOC(=O)CNC(=O)Nc1ccc(C)nc1. The number of nitrogens with one attached hydrogen (secondary N) is 2. The fourth-order valence-corrected chi connectivity index (χ4v) is 1.08. The Hall–Kier alpha value is -2.11. The van der Waals surface area contributed by atoms with Crippen LogP contribution in [0.15, 0.2) is 18.3 Å². The average Bonchev–Trinajstić information content (AvgIpc) is 2.30. The number of hydrogen-bond donors (Lipinski definition) is 2. The fraction of sp³-hybridized carbons (Fsp3) is 0.364. The number of esters is 1. The molecule has 0 aliphatic rings. The highest BCUT2D eigenvalue weighted by Crippen LogP contribution is 2.04. The van der Waals surface area contributed by atoms with Crippen LogP contribution in [0.3, 0.4) is 0 Å². The van der Waals surface area contributed by atoms with Crippen molar-refractivity contribution in [3.63, 3.8) is 0 Å². The molecule has 0 aliphatic carbocycles. The van der Waals surface area contributed by atoms with E-state index in [9.17, 15) is 9.59 Å². The lowest BCUT2D eigenvalue weighted by Crippen LogP contribution is -2.34. The number of anilines is 1. The lowest BCUT2D eigenvalue weighted by atomic mass is 10.3. The molecular formula is C11H15N3O3. The third-order valence-corrected chi connectivity index (χ3v) is 1.87. The standard InChI is InChI=1S/C11H15N3O3/c1-3-17-10(15)7-13-11(16)14-9-5-4-8(2)12-6-9/h4-6H,3,7H2,1-2H3,(H2,13,14,16). The van der Waals surface area contributed by atoms with Crippen molar-refractivity contribution in [2.75, 3.05) is 18.5 Å². The first kappa shape index (κ1) is 13.0. The lowest BCUT2D eigenvalue weighted by Gasteiger charge is -2.06. The van der Waals surface area contributed by atoms with Gasteiger partial charge in [-0.25, -0.2) is 4.79 Å². The van der Waals surface area contributed by atoms with Gasteiger partial charge in [-0.05, 0) is 26.0 Å². The average molecular weight is 237 g/mol. The Kier molecular flexibility index (Phi) is 4.93. The van der Waals surface area contributed by atoms with Crippen LogP contribution in [-0.2, 0) is 9.53 Å². The molecule has 1 aromatic heterocycles. The van der Waals surface area contributed by atoms with Crippen LogP contribution in [0.5, 0.6) is 0 Å². The highest BCUT2D eigenvalue weighted by molar-refractivity contribution is 5.91. The van der Waals surface area contributed by atoms with Crippen molar-refractivity contribution in [1.82, 2.24) is 10.3 Å². The number of amides is 2. The van der Waals surface area contributed by atoms with Crippen LogP contribution in [0.25, 0.3) is 0 Å². The number of carbonyl (C=O) groups excluding carboxylic acids is 2. The van der Waals surface area contributed by atoms with Crippen molar-refractivity contribution in [2.45, 2.75) is 13.8 Å². The monoisotopic (exact) mass is 237 g/mol. The van der Waals surface area contributed by atoms with Crippen molar-refractivity contribution in [2.24, 2.45) is 0 Å². The van der Waals surface area contributed by atoms with Crippen LogP contribution in [0.1, 0.15) is 12.6 Å². The maximum atomic E-state index is 11.3. The van der Waals surface area contributed by atoms with Gasteiger partial charge in [-0.1, -0.05) is 0 Å². The summed E-state index contributed by atoms with van der Waals surface area (Å²) in [6, 6.07) is 3.04. The van der Waals surface area contributed by atoms with E-state index in [1.54, 1.807) is 25.3 Å². The quantitative estimate of drug-likeness (QED) is 0.768. The Morgan fingerprint density at radius 3 is 2.76 bits per heavy atom. The normalized spacial score (nSPS) is 9.53. The molecule has 1 aromatic rings. The molecule has 0 radical (unpaired) electrons. The molecule has 6 nitrogen and oxygen atoms in total. The number of hydrogen-bond acceptors (Lipinski definition) is 4. The molecule has 2 N–H and O–H groups in total. The Morgan fingerprint density at radius 2 is 2.18 bits per heavy atom. The van der Waals surface area contributed by atoms with E-state index in [1.165, 1.54) is 0 Å². The molecule has 2 amide bonds. The van der Waals surface area contributed by atoms with E-state index in [4.69, 9.17) is 0 Å². The number of aryl methyl sites for hydroxylation is 1. The molecule has 0 aliphatic heterocycles. The number of nitrogens with zero attached hydrogens (tertiary/aromatic N) is 1. The first-order valence-corrected chi connectivity index (χ1v) is 5.25.